The Morgan fingerprint density at radius 2 is 2.33 bits per heavy atom. The molecule has 2 aliphatic rings. The molecule has 0 amide bonds. The summed E-state index contributed by atoms with van der Waals surface area (Å²) < 4.78 is 0.255. The summed E-state index contributed by atoms with van der Waals surface area (Å²) in [6, 6.07) is 0. The number of rotatable bonds is 3. The highest BCUT2D eigenvalue weighted by Gasteiger charge is 2.40. The normalized spacial score (nSPS) is 35.1. The first-order valence-corrected chi connectivity index (χ1v) is 9.16. The van der Waals surface area contributed by atoms with Gasteiger partial charge < -0.3 is 5.32 Å². The molecule has 0 bridgehead atoms. The van der Waals surface area contributed by atoms with Crippen molar-refractivity contribution in [3.8, 4) is 0 Å². The van der Waals surface area contributed by atoms with Crippen molar-refractivity contribution in [2.24, 2.45) is 10.9 Å². The molecule has 1 spiro atoms. The maximum atomic E-state index is 4.79. The Labute approximate surface area is 120 Å². The first-order chi connectivity index (χ1) is 8.45. The van der Waals surface area contributed by atoms with Crippen LogP contribution in [0.1, 0.15) is 46.5 Å². The SMILES string of the molecule is CSC(C)(C)CN=C1NC2(CCCC(C)C2)CS1. The van der Waals surface area contributed by atoms with E-state index in [-0.39, 0.29) is 4.75 Å². The fourth-order valence-corrected chi connectivity index (χ4v) is 4.21. The molecule has 104 valence electrons. The minimum absolute atomic E-state index is 0.255. The molecule has 2 atom stereocenters. The molecule has 1 aliphatic heterocycles. The van der Waals surface area contributed by atoms with E-state index in [1.807, 2.05) is 23.5 Å². The van der Waals surface area contributed by atoms with E-state index in [4.69, 9.17) is 4.99 Å². The zero-order valence-corrected chi connectivity index (χ0v) is 13.7. The summed E-state index contributed by atoms with van der Waals surface area (Å²) in [5.74, 6) is 2.09. The van der Waals surface area contributed by atoms with Crippen LogP contribution in [0, 0.1) is 5.92 Å². The molecule has 2 unspecified atom stereocenters. The molecule has 0 radical (unpaired) electrons. The van der Waals surface area contributed by atoms with Crippen LogP contribution in [-0.4, -0.2) is 34.0 Å². The second-order valence-corrected chi connectivity index (χ2v) is 8.96. The van der Waals surface area contributed by atoms with Gasteiger partial charge in [0.15, 0.2) is 5.17 Å². The molecule has 1 saturated carbocycles. The lowest BCUT2D eigenvalue weighted by Crippen LogP contribution is -2.47. The highest BCUT2D eigenvalue weighted by Crippen LogP contribution is 2.38. The van der Waals surface area contributed by atoms with Gasteiger partial charge in [-0.3, -0.25) is 4.99 Å². The lowest BCUT2D eigenvalue weighted by Gasteiger charge is -2.36. The van der Waals surface area contributed by atoms with Crippen LogP contribution >= 0.6 is 23.5 Å². The molecular weight excluding hydrogens is 260 g/mol. The fraction of sp³-hybridized carbons (Fsp3) is 0.929. The summed E-state index contributed by atoms with van der Waals surface area (Å²) in [5, 5.41) is 4.92. The standard InChI is InChI=1S/C14H26N2S2/c1-11-6-5-7-14(8-11)10-18-12(16-14)15-9-13(2,3)17-4/h11H,5-10H2,1-4H3,(H,15,16). The van der Waals surface area contributed by atoms with Crippen LogP contribution in [-0.2, 0) is 0 Å². The van der Waals surface area contributed by atoms with E-state index in [0.717, 1.165) is 12.5 Å². The molecule has 0 aromatic carbocycles. The molecule has 2 rings (SSSR count). The van der Waals surface area contributed by atoms with Crippen molar-refractivity contribution in [3.63, 3.8) is 0 Å². The lowest BCUT2D eigenvalue weighted by molar-refractivity contribution is 0.242. The summed E-state index contributed by atoms with van der Waals surface area (Å²) in [6.07, 6.45) is 7.60. The quantitative estimate of drug-likeness (QED) is 0.854. The third-order valence-electron chi connectivity index (χ3n) is 4.10. The number of thioether (sulfide) groups is 2. The Kier molecular flexibility index (Phi) is 4.58. The molecule has 4 heteroatoms. The number of nitrogens with zero attached hydrogens (tertiary/aromatic N) is 1. The van der Waals surface area contributed by atoms with Crippen LogP contribution in [0.5, 0.6) is 0 Å². The van der Waals surface area contributed by atoms with Crippen LogP contribution in [0.2, 0.25) is 0 Å². The summed E-state index contributed by atoms with van der Waals surface area (Å²) in [6.45, 7) is 7.83. The highest BCUT2D eigenvalue weighted by molar-refractivity contribution is 8.14. The van der Waals surface area contributed by atoms with Gasteiger partial charge in [0.05, 0.1) is 6.54 Å². The van der Waals surface area contributed by atoms with Crippen LogP contribution < -0.4 is 5.32 Å². The predicted molar refractivity (Wildman–Crippen MR) is 85.9 cm³/mol. The molecule has 2 fully saturated rings. The monoisotopic (exact) mass is 286 g/mol. The van der Waals surface area contributed by atoms with E-state index in [9.17, 15) is 0 Å². The zero-order chi connectivity index (χ0) is 13.2. The van der Waals surface area contributed by atoms with Gasteiger partial charge >= 0.3 is 0 Å². The predicted octanol–water partition coefficient (Wildman–Crippen LogP) is 3.77. The van der Waals surface area contributed by atoms with E-state index in [2.05, 4.69) is 32.3 Å². The van der Waals surface area contributed by atoms with Crippen molar-refractivity contribution in [1.82, 2.24) is 5.32 Å². The number of aliphatic imine (C=N–C) groups is 1. The molecule has 1 heterocycles. The molecule has 0 aromatic heterocycles. The van der Waals surface area contributed by atoms with Gasteiger partial charge in [0.2, 0.25) is 0 Å². The second-order valence-electron chi connectivity index (χ2n) is 6.48. The summed E-state index contributed by atoms with van der Waals surface area (Å²) >= 11 is 3.82. The van der Waals surface area contributed by atoms with Gasteiger partial charge in [-0.15, -0.1) is 0 Å². The molecule has 1 aliphatic carbocycles. The highest BCUT2D eigenvalue weighted by atomic mass is 32.2. The Morgan fingerprint density at radius 1 is 1.56 bits per heavy atom. The van der Waals surface area contributed by atoms with Gasteiger partial charge in [-0.05, 0) is 38.9 Å². The van der Waals surface area contributed by atoms with E-state index in [1.165, 1.54) is 36.6 Å². The van der Waals surface area contributed by atoms with E-state index < -0.39 is 0 Å². The molecule has 2 nitrogen and oxygen atoms in total. The van der Waals surface area contributed by atoms with Crippen LogP contribution in [0.15, 0.2) is 4.99 Å². The van der Waals surface area contributed by atoms with Crippen LogP contribution in [0.25, 0.3) is 0 Å². The zero-order valence-electron chi connectivity index (χ0n) is 12.1. The van der Waals surface area contributed by atoms with Crippen molar-refractivity contribution < 1.29 is 0 Å². The average Bonchev–Trinajstić information content (AvgIpc) is 2.70. The summed E-state index contributed by atoms with van der Waals surface area (Å²) in [4.78, 5) is 4.79. The van der Waals surface area contributed by atoms with Crippen molar-refractivity contribution >= 4 is 28.7 Å². The van der Waals surface area contributed by atoms with Crippen molar-refractivity contribution in [3.05, 3.63) is 0 Å². The van der Waals surface area contributed by atoms with Gasteiger partial charge in [-0.1, -0.05) is 31.5 Å². The van der Waals surface area contributed by atoms with Gasteiger partial charge in [-0.2, -0.15) is 11.8 Å². The molecular formula is C14H26N2S2. The largest absolute Gasteiger partial charge is 0.359 e. The van der Waals surface area contributed by atoms with E-state index >= 15 is 0 Å². The minimum Gasteiger partial charge on any atom is -0.359 e. The molecule has 1 N–H and O–H groups in total. The van der Waals surface area contributed by atoms with Crippen molar-refractivity contribution in [1.29, 1.82) is 0 Å². The van der Waals surface area contributed by atoms with Gasteiger partial charge in [-0.25, -0.2) is 0 Å². The fourth-order valence-electron chi connectivity index (χ4n) is 2.82. The average molecular weight is 287 g/mol. The molecule has 1 saturated heterocycles. The van der Waals surface area contributed by atoms with Gasteiger partial charge in [0.25, 0.3) is 0 Å². The number of nitrogens with one attached hydrogen (secondary N) is 1. The number of amidine groups is 1. The smallest absolute Gasteiger partial charge is 0.157 e. The Bertz CT molecular complexity index is 328. The number of hydrogen-bond acceptors (Lipinski definition) is 3. The van der Waals surface area contributed by atoms with Crippen LogP contribution in [0.4, 0.5) is 0 Å². The van der Waals surface area contributed by atoms with Crippen LogP contribution in [0.3, 0.4) is 0 Å². The Hall–Kier alpha value is 0.170. The third kappa shape index (κ3) is 3.60. The maximum Gasteiger partial charge on any atom is 0.157 e. The number of hydrogen-bond donors (Lipinski definition) is 1. The topological polar surface area (TPSA) is 24.4 Å². The van der Waals surface area contributed by atoms with E-state index in [1.54, 1.807) is 0 Å². The van der Waals surface area contributed by atoms with Gasteiger partial charge in [0.1, 0.15) is 0 Å². The van der Waals surface area contributed by atoms with E-state index in [0.29, 0.717) is 5.54 Å². The Morgan fingerprint density at radius 3 is 3.00 bits per heavy atom. The third-order valence-corrected chi connectivity index (χ3v) is 6.54. The van der Waals surface area contributed by atoms with Crippen molar-refractivity contribution in [2.75, 3.05) is 18.6 Å². The van der Waals surface area contributed by atoms with Crippen molar-refractivity contribution in [2.45, 2.75) is 56.7 Å². The minimum atomic E-state index is 0.255. The first kappa shape index (κ1) is 14.6. The van der Waals surface area contributed by atoms with Gasteiger partial charge in [0, 0.05) is 16.0 Å². The Balaban J connectivity index is 1.93. The molecule has 0 aromatic rings. The second kappa shape index (κ2) is 5.66. The summed E-state index contributed by atoms with van der Waals surface area (Å²) in [7, 11) is 0. The molecule has 18 heavy (non-hydrogen) atoms. The lowest BCUT2D eigenvalue weighted by atomic mass is 9.78. The summed E-state index contributed by atoms with van der Waals surface area (Å²) in [5.41, 5.74) is 0.366. The first-order valence-electron chi connectivity index (χ1n) is 6.95. The maximum absolute atomic E-state index is 4.79.